The Morgan fingerprint density at radius 2 is 2.04 bits per heavy atom. The molecule has 1 amide bonds. The van der Waals surface area contributed by atoms with Gasteiger partial charge in [0.2, 0.25) is 0 Å². The third-order valence-electron chi connectivity index (χ3n) is 3.62. The summed E-state index contributed by atoms with van der Waals surface area (Å²) in [6, 6.07) is 13.3. The topological polar surface area (TPSA) is 79.4 Å². The molecule has 7 heteroatoms. The minimum absolute atomic E-state index is 0.132. The van der Waals surface area contributed by atoms with E-state index in [9.17, 15) is 4.79 Å². The van der Waals surface area contributed by atoms with Crippen LogP contribution in [0, 0.1) is 0 Å². The molecule has 0 radical (unpaired) electrons. The molecule has 0 spiro atoms. The molecule has 3 aromatic rings. The van der Waals surface area contributed by atoms with E-state index in [0.29, 0.717) is 18.1 Å². The van der Waals surface area contributed by atoms with Gasteiger partial charge in [0.15, 0.2) is 6.10 Å². The van der Waals surface area contributed by atoms with Gasteiger partial charge in [-0.25, -0.2) is 9.97 Å². The zero-order valence-electron chi connectivity index (χ0n) is 12.5. The highest BCUT2D eigenvalue weighted by molar-refractivity contribution is 9.10. The number of ether oxygens (including phenoxy) is 1. The van der Waals surface area contributed by atoms with Crippen molar-refractivity contribution in [3.05, 3.63) is 53.3 Å². The molecule has 1 aliphatic heterocycles. The van der Waals surface area contributed by atoms with Crippen LogP contribution in [0.25, 0.3) is 10.9 Å². The lowest BCUT2D eigenvalue weighted by Gasteiger charge is -2.10. The number of carbonyl (C=O) groups is 1. The van der Waals surface area contributed by atoms with Crippen LogP contribution in [0.15, 0.2) is 53.3 Å². The number of nitrogens with one attached hydrogen (secondary N) is 2. The fourth-order valence-corrected chi connectivity index (χ4v) is 2.76. The van der Waals surface area contributed by atoms with Crippen LogP contribution in [0.4, 0.5) is 17.2 Å². The van der Waals surface area contributed by atoms with E-state index >= 15 is 0 Å². The van der Waals surface area contributed by atoms with Crippen LogP contribution in [0.5, 0.6) is 0 Å². The molecule has 120 valence electrons. The summed E-state index contributed by atoms with van der Waals surface area (Å²) >= 11 is 3.45. The summed E-state index contributed by atoms with van der Waals surface area (Å²) in [5.74, 6) is 0.546. The van der Waals surface area contributed by atoms with Crippen molar-refractivity contribution in [3.8, 4) is 0 Å². The van der Waals surface area contributed by atoms with Crippen molar-refractivity contribution >= 4 is 49.9 Å². The first-order valence-electron chi connectivity index (χ1n) is 7.39. The van der Waals surface area contributed by atoms with Gasteiger partial charge in [-0.15, -0.1) is 0 Å². The Kier molecular flexibility index (Phi) is 3.87. The van der Waals surface area contributed by atoms with E-state index in [1.54, 1.807) is 0 Å². The Labute approximate surface area is 146 Å². The number of carbonyl (C=O) groups excluding carboxylic acids is 1. The Balaban J connectivity index is 1.67. The molecule has 0 bridgehead atoms. The molecule has 1 aliphatic rings. The van der Waals surface area contributed by atoms with Gasteiger partial charge < -0.3 is 15.4 Å². The summed E-state index contributed by atoms with van der Waals surface area (Å²) in [5.41, 5.74) is 2.39. The van der Waals surface area contributed by atoms with Gasteiger partial charge >= 0.3 is 0 Å². The van der Waals surface area contributed by atoms with Crippen molar-refractivity contribution in [2.24, 2.45) is 0 Å². The summed E-state index contributed by atoms with van der Waals surface area (Å²) in [6.07, 6.45) is 1.19. The van der Waals surface area contributed by atoms with Crippen molar-refractivity contribution in [1.82, 2.24) is 9.97 Å². The van der Waals surface area contributed by atoms with Crippen LogP contribution < -0.4 is 10.6 Å². The molecule has 1 fully saturated rings. The second-order valence-electron chi connectivity index (χ2n) is 5.40. The molecule has 0 saturated carbocycles. The van der Waals surface area contributed by atoms with E-state index in [1.807, 2.05) is 42.5 Å². The maximum Gasteiger partial charge on any atom is 0.255 e. The smallest absolute Gasteiger partial charge is 0.255 e. The normalized spacial score (nSPS) is 16.0. The van der Waals surface area contributed by atoms with Crippen LogP contribution in [0.3, 0.4) is 0 Å². The van der Waals surface area contributed by atoms with E-state index in [0.717, 1.165) is 21.1 Å². The third kappa shape index (κ3) is 3.22. The van der Waals surface area contributed by atoms with Crippen LogP contribution in [-0.4, -0.2) is 28.6 Å². The third-order valence-corrected chi connectivity index (χ3v) is 4.11. The quantitative estimate of drug-likeness (QED) is 0.673. The molecule has 1 saturated heterocycles. The van der Waals surface area contributed by atoms with E-state index in [-0.39, 0.29) is 12.0 Å². The van der Waals surface area contributed by atoms with Gasteiger partial charge in [0.1, 0.15) is 12.1 Å². The fourth-order valence-electron chi connectivity index (χ4n) is 2.36. The number of anilines is 3. The largest absolute Gasteiger partial charge is 0.363 e. The summed E-state index contributed by atoms with van der Waals surface area (Å²) in [6.45, 7) is 0.484. The maximum absolute atomic E-state index is 11.8. The van der Waals surface area contributed by atoms with Crippen LogP contribution in [0.2, 0.25) is 0 Å². The Morgan fingerprint density at radius 3 is 2.83 bits per heavy atom. The number of halogens is 1. The molecule has 2 heterocycles. The first-order chi connectivity index (χ1) is 11.7. The zero-order chi connectivity index (χ0) is 16.5. The van der Waals surface area contributed by atoms with Crippen LogP contribution in [-0.2, 0) is 9.53 Å². The lowest BCUT2D eigenvalue weighted by atomic mass is 10.2. The molecule has 1 atom stereocenters. The average Bonchev–Trinajstić information content (AvgIpc) is 3.40. The molecule has 1 unspecified atom stereocenters. The van der Waals surface area contributed by atoms with E-state index in [2.05, 4.69) is 36.5 Å². The molecule has 2 N–H and O–H groups in total. The number of amides is 1. The summed E-state index contributed by atoms with van der Waals surface area (Å²) in [4.78, 5) is 20.4. The Morgan fingerprint density at radius 1 is 1.17 bits per heavy atom. The number of aromatic nitrogens is 2. The van der Waals surface area contributed by atoms with Gasteiger partial charge in [0, 0.05) is 21.2 Å². The van der Waals surface area contributed by atoms with Gasteiger partial charge in [-0.2, -0.15) is 0 Å². The van der Waals surface area contributed by atoms with Crippen molar-refractivity contribution < 1.29 is 9.53 Å². The maximum atomic E-state index is 11.8. The second kappa shape index (κ2) is 6.18. The molecule has 1 aromatic heterocycles. The Bertz CT molecular complexity index is 927. The molecule has 0 aliphatic carbocycles. The van der Waals surface area contributed by atoms with Gasteiger partial charge in [-0.1, -0.05) is 22.0 Å². The molecule has 24 heavy (non-hydrogen) atoms. The molecule has 2 aromatic carbocycles. The lowest BCUT2D eigenvalue weighted by Crippen LogP contribution is -2.17. The number of hydrogen-bond acceptors (Lipinski definition) is 5. The zero-order valence-corrected chi connectivity index (χ0v) is 14.1. The van der Waals surface area contributed by atoms with Crippen molar-refractivity contribution in [2.75, 3.05) is 17.2 Å². The van der Waals surface area contributed by atoms with Gasteiger partial charge in [0.05, 0.1) is 12.1 Å². The molecular formula is C17H13BrN4O2. The number of epoxide rings is 1. The van der Waals surface area contributed by atoms with Crippen molar-refractivity contribution in [1.29, 1.82) is 0 Å². The second-order valence-corrected chi connectivity index (χ2v) is 6.32. The number of rotatable bonds is 4. The van der Waals surface area contributed by atoms with E-state index in [4.69, 9.17) is 4.74 Å². The standard InChI is InChI=1S/C17H13BrN4O2/c18-10-2-1-3-11(6-10)21-16-13-7-12(22-17(23)15-8-24-15)4-5-14(13)19-9-20-16/h1-7,9,15H,8H2,(H,22,23)(H,19,20,21). The number of fused-ring (bicyclic) bond motifs is 1. The van der Waals surface area contributed by atoms with Gasteiger partial charge in [0.25, 0.3) is 5.91 Å². The first kappa shape index (κ1) is 15.0. The van der Waals surface area contributed by atoms with Crippen LogP contribution in [0.1, 0.15) is 0 Å². The van der Waals surface area contributed by atoms with Gasteiger partial charge in [-0.05, 0) is 36.4 Å². The van der Waals surface area contributed by atoms with Gasteiger partial charge in [-0.3, -0.25) is 4.79 Å². The average molecular weight is 385 g/mol. The highest BCUT2D eigenvalue weighted by atomic mass is 79.9. The summed E-state index contributed by atoms with van der Waals surface area (Å²) < 4.78 is 5.97. The highest BCUT2D eigenvalue weighted by Crippen LogP contribution is 2.27. The fraction of sp³-hybridized carbons (Fsp3) is 0.118. The lowest BCUT2D eigenvalue weighted by molar-refractivity contribution is -0.117. The van der Waals surface area contributed by atoms with Crippen molar-refractivity contribution in [2.45, 2.75) is 6.10 Å². The first-order valence-corrected chi connectivity index (χ1v) is 8.18. The number of hydrogen-bond donors (Lipinski definition) is 2. The highest BCUT2D eigenvalue weighted by Gasteiger charge is 2.31. The molecule has 6 nitrogen and oxygen atoms in total. The minimum atomic E-state index is -0.327. The summed E-state index contributed by atoms with van der Waals surface area (Å²) in [7, 11) is 0. The summed E-state index contributed by atoms with van der Waals surface area (Å²) in [5, 5.41) is 6.95. The minimum Gasteiger partial charge on any atom is -0.363 e. The number of nitrogens with zero attached hydrogens (tertiary/aromatic N) is 2. The molecule has 4 rings (SSSR count). The number of benzene rings is 2. The van der Waals surface area contributed by atoms with Crippen LogP contribution >= 0.6 is 15.9 Å². The molecular weight excluding hydrogens is 372 g/mol. The van der Waals surface area contributed by atoms with Crippen molar-refractivity contribution in [3.63, 3.8) is 0 Å². The predicted molar refractivity (Wildman–Crippen MR) is 95.3 cm³/mol. The predicted octanol–water partition coefficient (Wildman–Crippen LogP) is 3.47. The Hall–Kier alpha value is -2.51. The monoisotopic (exact) mass is 384 g/mol. The van der Waals surface area contributed by atoms with E-state index < -0.39 is 0 Å². The SMILES string of the molecule is O=C(Nc1ccc2ncnc(Nc3cccc(Br)c3)c2c1)C1CO1. The van der Waals surface area contributed by atoms with E-state index in [1.165, 1.54) is 6.33 Å².